The molecule has 0 saturated heterocycles. The minimum atomic E-state index is -0.207. The standard InChI is InChI=1S/C22H21N7O2/c1-12-4-5-23-10-15(12)16-8-14-17(11-24-16)26-21(30)20(14)13(2)25-19-9-18-22(31)28(3)6-7-29(18)27-19/h4-5,8-11H,6-7H2,1-3H3,(H,25,27)(H,26,30). The van der Waals surface area contributed by atoms with Crippen LogP contribution in [0, 0.1) is 6.92 Å². The second-order valence-electron chi connectivity index (χ2n) is 7.75. The van der Waals surface area contributed by atoms with Crippen LogP contribution in [0.15, 0.2) is 42.5 Å². The topological polar surface area (TPSA) is 105 Å². The van der Waals surface area contributed by atoms with Crippen LogP contribution in [0.1, 0.15) is 28.5 Å². The van der Waals surface area contributed by atoms with Crippen molar-refractivity contribution in [1.29, 1.82) is 0 Å². The van der Waals surface area contributed by atoms with Crippen molar-refractivity contribution in [1.82, 2.24) is 24.6 Å². The van der Waals surface area contributed by atoms with E-state index in [-0.39, 0.29) is 11.8 Å². The number of allylic oxidation sites excluding steroid dienone is 1. The van der Waals surface area contributed by atoms with Gasteiger partial charge in [-0.15, -0.1) is 0 Å². The first-order valence-corrected chi connectivity index (χ1v) is 9.96. The Labute approximate surface area is 178 Å². The van der Waals surface area contributed by atoms with Crippen molar-refractivity contribution in [2.75, 3.05) is 24.2 Å². The van der Waals surface area contributed by atoms with Gasteiger partial charge in [0.05, 0.1) is 29.7 Å². The number of hydrogen-bond acceptors (Lipinski definition) is 6. The van der Waals surface area contributed by atoms with Crippen LogP contribution >= 0.6 is 0 Å². The van der Waals surface area contributed by atoms with E-state index in [0.717, 1.165) is 22.4 Å². The molecular weight excluding hydrogens is 394 g/mol. The second kappa shape index (κ2) is 7.05. The molecule has 0 fully saturated rings. The van der Waals surface area contributed by atoms with Crippen LogP contribution in [0.3, 0.4) is 0 Å². The van der Waals surface area contributed by atoms with E-state index in [0.29, 0.717) is 41.6 Å². The van der Waals surface area contributed by atoms with Gasteiger partial charge >= 0.3 is 0 Å². The molecule has 3 aromatic rings. The van der Waals surface area contributed by atoms with Crippen molar-refractivity contribution >= 4 is 28.9 Å². The molecule has 0 saturated carbocycles. The third-order valence-electron chi connectivity index (χ3n) is 5.65. The first kappa shape index (κ1) is 19.0. The average Bonchev–Trinajstić information content (AvgIpc) is 3.30. The summed E-state index contributed by atoms with van der Waals surface area (Å²) >= 11 is 0. The number of fused-ring (bicyclic) bond motifs is 2. The van der Waals surface area contributed by atoms with Gasteiger partial charge in [-0.3, -0.25) is 24.2 Å². The number of nitrogens with zero attached hydrogens (tertiary/aromatic N) is 5. The van der Waals surface area contributed by atoms with E-state index >= 15 is 0 Å². The highest BCUT2D eigenvalue weighted by atomic mass is 16.2. The van der Waals surface area contributed by atoms with Gasteiger partial charge < -0.3 is 15.5 Å². The number of rotatable bonds is 3. The first-order chi connectivity index (χ1) is 14.9. The molecule has 0 atom stereocenters. The van der Waals surface area contributed by atoms with Crippen LogP contribution in [0.2, 0.25) is 0 Å². The predicted octanol–water partition coefficient (Wildman–Crippen LogP) is 2.53. The van der Waals surface area contributed by atoms with E-state index in [1.165, 1.54) is 0 Å². The van der Waals surface area contributed by atoms with Gasteiger partial charge in [-0.1, -0.05) is 0 Å². The lowest BCUT2D eigenvalue weighted by molar-refractivity contribution is -0.110. The molecule has 0 aromatic carbocycles. The van der Waals surface area contributed by atoms with Crippen LogP contribution in [0.4, 0.5) is 11.5 Å². The molecule has 0 aliphatic carbocycles. The zero-order valence-electron chi connectivity index (χ0n) is 17.4. The van der Waals surface area contributed by atoms with Crippen LogP contribution < -0.4 is 10.6 Å². The maximum absolute atomic E-state index is 12.7. The lowest BCUT2D eigenvalue weighted by Crippen LogP contribution is -2.37. The molecule has 2 aliphatic heterocycles. The maximum atomic E-state index is 12.7. The third kappa shape index (κ3) is 3.14. The van der Waals surface area contributed by atoms with E-state index in [1.54, 1.807) is 41.3 Å². The first-order valence-electron chi connectivity index (χ1n) is 9.96. The summed E-state index contributed by atoms with van der Waals surface area (Å²) in [6.07, 6.45) is 5.18. The highest BCUT2D eigenvalue weighted by Crippen LogP contribution is 2.36. The summed E-state index contributed by atoms with van der Waals surface area (Å²) < 4.78 is 1.69. The zero-order chi connectivity index (χ0) is 21.7. The van der Waals surface area contributed by atoms with Gasteiger partial charge in [0, 0.05) is 48.9 Å². The number of carbonyl (C=O) groups excluding carboxylic acids is 2. The number of pyridine rings is 2. The number of hydrogen-bond donors (Lipinski definition) is 2. The fraction of sp³-hybridized carbons (Fsp3) is 0.227. The largest absolute Gasteiger partial charge is 0.342 e. The third-order valence-corrected chi connectivity index (χ3v) is 5.65. The van der Waals surface area contributed by atoms with Crippen LogP contribution in [-0.4, -0.2) is 50.1 Å². The Hall–Kier alpha value is -4.01. The number of carbonyl (C=O) groups is 2. The number of amides is 2. The molecule has 0 unspecified atom stereocenters. The quantitative estimate of drug-likeness (QED) is 0.637. The number of anilines is 2. The summed E-state index contributed by atoms with van der Waals surface area (Å²) in [4.78, 5) is 35.4. The van der Waals surface area contributed by atoms with E-state index < -0.39 is 0 Å². The monoisotopic (exact) mass is 415 g/mol. The molecule has 156 valence electrons. The van der Waals surface area contributed by atoms with E-state index in [2.05, 4.69) is 25.7 Å². The molecule has 5 heterocycles. The van der Waals surface area contributed by atoms with Crippen LogP contribution in [0.25, 0.3) is 16.8 Å². The van der Waals surface area contributed by atoms with Crippen molar-refractivity contribution in [3.8, 4) is 11.3 Å². The Bertz CT molecular complexity index is 1270. The number of aromatic nitrogens is 4. The Balaban J connectivity index is 1.52. The Morgan fingerprint density at radius 2 is 2.00 bits per heavy atom. The summed E-state index contributed by atoms with van der Waals surface area (Å²) in [6.45, 7) is 5.08. The molecule has 2 N–H and O–H groups in total. The number of aryl methyl sites for hydroxylation is 1. The van der Waals surface area contributed by atoms with Crippen molar-refractivity contribution in [3.05, 3.63) is 59.3 Å². The van der Waals surface area contributed by atoms with Crippen LogP contribution in [0.5, 0.6) is 0 Å². The molecule has 9 nitrogen and oxygen atoms in total. The fourth-order valence-corrected chi connectivity index (χ4v) is 3.94. The van der Waals surface area contributed by atoms with Crippen LogP contribution in [-0.2, 0) is 11.3 Å². The zero-order valence-corrected chi connectivity index (χ0v) is 17.4. The van der Waals surface area contributed by atoms with Gasteiger partial charge in [0.25, 0.3) is 11.8 Å². The van der Waals surface area contributed by atoms with E-state index in [1.807, 2.05) is 26.0 Å². The molecule has 3 aromatic heterocycles. The lowest BCUT2D eigenvalue weighted by atomic mass is 10.0. The smallest absolute Gasteiger partial charge is 0.272 e. The van der Waals surface area contributed by atoms with Crippen molar-refractivity contribution in [2.45, 2.75) is 20.4 Å². The fourth-order valence-electron chi connectivity index (χ4n) is 3.94. The summed E-state index contributed by atoms with van der Waals surface area (Å²) in [6, 6.07) is 5.54. The maximum Gasteiger partial charge on any atom is 0.272 e. The second-order valence-corrected chi connectivity index (χ2v) is 7.75. The highest BCUT2D eigenvalue weighted by Gasteiger charge is 2.29. The van der Waals surface area contributed by atoms with Gasteiger partial charge in [-0.25, -0.2) is 0 Å². The van der Waals surface area contributed by atoms with Crippen molar-refractivity contribution < 1.29 is 9.59 Å². The molecule has 2 aliphatic rings. The molecule has 0 bridgehead atoms. The SMILES string of the molecule is CC(Nc1cc2n(n1)CCN(C)C2=O)=C1C(=O)Nc2cnc(-c3cnccc3C)cc21. The minimum absolute atomic E-state index is 0.0661. The van der Waals surface area contributed by atoms with Gasteiger partial charge in [-0.05, 0) is 31.5 Å². The summed E-state index contributed by atoms with van der Waals surface area (Å²) in [5.41, 5.74) is 5.84. The molecule has 0 radical (unpaired) electrons. The van der Waals surface area contributed by atoms with E-state index in [9.17, 15) is 9.59 Å². The van der Waals surface area contributed by atoms with Gasteiger partial charge in [0.2, 0.25) is 0 Å². The van der Waals surface area contributed by atoms with Crippen molar-refractivity contribution in [3.63, 3.8) is 0 Å². The lowest BCUT2D eigenvalue weighted by Gasteiger charge is -2.22. The number of likely N-dealkylation sites (N-methyl/N-ethyl adjacent to an activating group) is 1. The molecule has 5 rings (SSSR count). The van der Waals surface area contributed by atoms with Gasteiger partial charge in [0.1, 0.15) is 5.69 Å². The molecular formula is C22H21N7O2. The van der Waals surface area contributed by atoms with E-state index in [4.69, 9.17) is 0 Å². The Kier molecular flexibility index (Phi) is 4.32. The number of nitrogens with one attached hydrogen (secondary N) is 2. The Morgan fingerprint density at radius 3 is 2.81 bits per heavy atom. The normalized spacial score (nSPS) is 16.7. The predicted molar refractivity (Wildman–Crippen MR) is 116 cm³/mol. The van der Waals surface area contributed by atoms with Crippen molar-refractivity contribution in [2.24, 2.45) is 0 Å². The Morgan fingerprint density at radius 1 is 1.16 bits per heavy atom. The summed E-state index contributed by atoms with van der Waals surface area (Å²) in [5.74, 6) is 0.257. The summed E-state index contributed by atoms with van der Waals surface area (Å²) in [5, 5.41) is 10.5. The summed E-state index contributed by atoms with van der Waals surface area (Å²) in [7, 11) is 1.77. The molecule has 31 heavy (non-hydrogen) atoms. The molecule has 9 heteroatoms. The molecule has 2 amide bonds. The average molecular weight is 415 g/mol. The molecule has 0 spiro atoms. The van der Waals surface area contributed by atoms with Gasteiger partial charge in [0.15, 0.2) is 5.82 Å². The highest BCUT2D eigenvalue weighted by molar-refractivity contribution is 6.32. The minimum Gasteiger partial charge on any atom is -0.342 e. The van der Waals surface area contributed by atoms with Gasteiger partial charge in [-0.2, -0.15) is 5.10 Å².